The van der Waals surface area contributed by atoms with Gasteiger partial charge in [-0.2, -0.15) is 0 Å². The molecule has 1 fully saturated rings. The first-order valence-corrected chi connectivity index (χ1v) is 7.54. The van der Waals surface area contributed by atoms with Crippen LogP contribution in [0.4, 0.5) is 10.5 Å². The van der Waals surface area contributed by atoms with Crippen LogP contribution >= 0.6 is 12.6 Å². The normalized spacial score (nSPS) is 21.8. The maximum Gasteiger partial charge on any atom is 0.409 e. The van der Waals surface area contributed by atoms with Crippen LogP contribution in [-0.4, -0.2) is 48.5 Å². The van der Waals surface area contributed by atoms with Gasteiger partial charge in [0.25, 0.3) is 5.91 Å². The minimum Gasteiger partial charge on any atom is -0.417 e. The molecule has 0 radical (unpaired) electrons. The van der Waals surface area contributed by atoms with Crippen molar-refractivity contribution >= 4 is 30.3 Å². The second-order valence-electron chi connectivity index (χ2n) is 5.18. The van der Waals surface area contributed by atoms with Gasteiger partial charge < -0.3 is 30.0 Å². The fourth-order valence-corrected chi connectivity index (χ4v) is 2.71. The van der Waals surface area contributed by atoms with Gasteiger partial charge in [-0.3, -0.25) is 4.79 Å². The Labute approximate surface area is 132 Å². The third-order valence-electron chi connectivity index (χ3n) is 3.66. The van der Waals surface area contributed by atoms with Crippen molar-refractivity contribution in [2.24, 2.45) is 0 Å². The fraction of sp³-hybridized carbons (Fsp3) is 0.538. The molecule has 22 heavy (non-hydrogen) atoms. The van der Waals surface area contributed by atoms with Crippen LogP contribution in [0.5, 0.6) is 0 Å². The summed E-state index contributed by atoms with van der Waals surface area (Å²) in [5.41, 5.74) is 0.867. The molecule has 3 rings (SSSR count). The standard InChI is InChI=1S/C13H18N4O4S/c1-14-12(19)21-13(3-4-13)20-7-6-17-8-2-5-15-9(8)10(18)16-11(17)22/h2,5,11,15,22H,3-4,6-7H2,1H3,(H,14,19)(H,16,18). The zero-order chi connectivity index (χ0) is 15.7. The number of aromatic amines is 1. The average Bonchev–Trinajstić information content (AvgIpc) is 3.06. The second-order valence-corrected chi connectivity index (χ2v) is 5.67. The molecule has 1 atom stereocenters. The number of amides is 2. The molecule has 1 aliphatic carbocycles. The molecule has 1 aromatic rings. The van der Waals surface area contributed by atoms with Crippen LogP contribution in [0.2, 0.25) is 0 Å². The molecule has 0 saturated heterocycles. The van der Waals surface area contributed by atoms with E-state index in [1.807, 2.05) is 11.0 Å². The van der Waals surface area contributed by atoms with Gasteiger partial charge in [0.1, 0.15) is 11.2 Å². The first-order chi connectivity index (χ1) is 10.5. The highest BCUT2D eigenvalue weighted by Gasteiger charge is 2.48. The van der Waals surface area contributed by atoms with E-state index < -0.39 is 17.4 Å². The van der Waals surface area contributed by atoms with Crippen molar-refractivity contribution in [3.8, 4) is 0 Å². The monoisotopic (exact) mass is 326 g/mol. The largest absolute Gasteiger partial charge is 0.417 e. The average molecular weight is 326 g/mol. The minimum atomic E-state index is -0.799. The van der Waals surface area contributed by atoms with Gasteiger partial charge in [0.2, 0.25) is 5.79 Å². The summed E-state index contributed by atoms with van der Waals surface area (Å²) in [5.74, 6) is -0.981. The van der Waals surface area contributed by atoms with E-state index >= 15 is 0 Å². The highest BCUT2D eigenvalue weighted by Crippen LogP contribution is 2.40. The lowest BCUT2D eigenvalue weighted by Gasteiger charge is -2.34. The van der Waals surface area contributed by atoms with Crippen molar-refractivity contribution in [3.05, 3.63) is 18.0 Å². The van der Waals surface area contributed by atoms with Gasteiger partial charge in [-0.25, -0.2) is 4.79 Å². The smallest absolute Gasteiger partial charge is 0.409 e. The molecule has 3 N–H and O–H groups in total. The molecule has 2 aliphatic rings. The Morgan fingerprint density at radius 1 is 1.59 bits per heavy atom. The van der Waals surface area contributed by atoms with Gasteiger partial charge in [-0.05, 0) is 6.07 Å². The van der Waals surface area contributed by atoms with Crippen LogP contribution in [0.3, 0.4) is 0 Å². The van der Waals surface area contributed by atoms with Crippen molar-refractivity contribution in [1.29, 1.82) is 0 Å². The van der Waals surface area contributed by atoms with Crippen LogP contribution in [0, 0.1) is 0 Å². The molecular weight excluding hydrogens is 308 g/mol. The zero-order valence-electron chi connectivity index (χ0n) is 12.1. The number of nitrogens with one attached hydrogen (secondary N) is 3. The third-order valence-corrected chi connectivity index (χ3v) is 4.06. The van der Waals surface area contributed by atoms with E-state index in [0.717, 1.165) is 5.69 Å². The quantitative estimate of drug-likeness (QED) is 0.470. The van der Waals surface area contributed by atoms with Gasteiger partial charge in [0, 0.05) is 32.6 Å². The van der Waals surface area contributed by atoms with E-state index in [2.05, 4.69) is 28.2 Å². The number of aromatic nitrogens is 1. The van der Waals surface area contributed by atoms with E-state index in [0.29, 0.717) is 31.7 Å². The van der Waals surface area contributed by atoms with E-state index in [1.54, 1.807) is 6.20 Å². The molecule has 1 saturated carbocycles. The number of anilines is 1. The Kier molecular flexibility index (Phi) is 3.92. The van der Waals surface area contributed by atoms with E-state index in [-0.39, 0.29) is 5.91 Å². The third kappa shape index (κ3) is 2.86. The highest BCUT2D eigenvalue weighted by atomic mass is 32.1. The molecule has 0 aromatic carbocycles. The lowest BCUT2D eigenvalue weighted by atomic mass is 10.2. The maximum absolute atomic E-state index is 11.8. The van der Waals surface area contributed by atoms with Gasteiger partial charge in [0.05, 0.1) is 12.3 Å². The molecule has 0 bridgehead atoms. The second kappa shape index (κ2) is 5.73. The first kappa shape index (κ1) is 15.0. The Hall–Kier alpha value is -1.87. The number of carbonyl (C=O) groups excluding carboxylic acids is 2. The van der Waals surface area contributed by atoms with Crippen LogP contribution in [-0.2, 0) is 9.47 Å². The first-order valence-electron chi connectivity index (χ1n) is 7.02. The molecule has 120 valence electrons. The molecule has 1 aliphatic heterocycles. The summed E-state index contributed by atoms with van der Waals surface area (Å²) < 4.78 is 10.9. The van der Waals surface area contributed by atoms with Crippen LogP contribution in [0.15, 0.2) is 12.3 Å². The lowest BCUT2D eigenvalue weighted by molar-refractivity contribution is -0.125. The number of hydrogen-bond donors (Lipinski definition) is 4. The van der Waals surface area contributed by atoms with Crippen molar-refractivity contribution in [2.75, 3.05) is 25.1 Å². The predicted molar refractivity (Wildman–Crippen MR) is 81.8 cm³/mol. The van der Waals surface area contributed by atoms with Crippen LogP contribution in [0.1, 0.15) is 23.3 Å². The number of H-pyrrole nitrogens is 1. The molecule has 9 heteroatoms. The molecule has 0 spiro atoms. The summed E-state index contributed by atoms with van der Waals surface area (Å²) >= 11 is 4.38. The molecule has 1 unspecified atom stereocenters. The molecule has 2 amide bonds. The van der Waals surface area contributed by atoms with E-state index in [1.165, 1.54) is 7.05 Å². The fourth-order valence-electron chi connectivity index (χ4n) is 2.35. The van der Waals surface area contributed by atoms with Crippen molar-refractivity contribution in [3.63, 3.8) is 0 Å². The van der Waals surface area contributed by atoms with Gasteiger partial charge in [-0.1, -0.05) is 0 Å². The van der Waals surface area contributed by atoms with Crippen LogP contribution in [0.25, 0.3) is 0 Å². The summed E-state index contributed by atoms with van der Waals surface area (Å²) in [7, 11) is 1.51. The Bertz CT molecular complexity index is 586. The molecular formula is C13H18N4O4S. The summed E-state index contributed by atoms with van der Waals surface area (Å²) in [6, 6.07) is 1.82. The summed E-state index contributed by atoms with van der Waals surface area (Å²) in [6.07, 6.45) is 2.59. The zero-order valence-corrected chi connectivity index (χ0v) is 13.0. The Morgan fingerprint density at radius 2 is 2.36 bits per heavy atom. The molecule has 2 heterocycles. The van der Waals surface area contributed by atoms with E-state index in [9.17, 15) is 9.59 Å². The van der Waals surface area contributed by atoms with Crippen molar-refractivity contribution in [2.45, 2.75) is 24.1 Å². The molecule has 8 nitrogen and oxygen atoms in total. The predicted octanol–water partition coefficient (Wildman–Crippen LogP) is 0.641. The highest BCUT2D eigenvalue weighted by molar-refractivity contribution is 7.81. The lowest BCUT2D eigenvalue weighted by Crippen LogP contribution is -2.51. The van der Waals surface area contributed by atoms with Gasteiger partial charge in [-0.15, -0.1) is 12.6 Å². The van der Waals surface area contributed by atoms with Crippen LogP contribution < -0.4 is 15.5 Å². The topological polar surface area (TPSA) is 95.7 Å². The number of rotatable bonds is 5. The number of fused-ring (bicyclic) bond motifs is 1. The number of ether oxygens (including phenoxy) is 2. The number of alkyl carbamates (subject to hydrolysis) is 1. The van der Waals surface area contributed by atoms with Gasteiger partial charge in [0.15, 0.2) is 0 Å². The summed E-state index contributed by atoms with van der Waals surface area (Å²) in [4.78, 5) is 27.9. The number of nitrogens with zero attached hydrogens (tertiary/aromatic N) is 1. The van der Waals surface area contributed by atoms with E-state index in [4.69, 9.17) is 9.47 Å². The number of hydrogen-bond acceptors (Lipinski definition) is 6. The Balaban J connectivity index is 1.57. The summed E-state index contributed by atoms with van der Waals surface area (Å²) in [6.45, 7) is 0.868. The molecule has 1 aromatic heterocycles. The maximum atomic E-state index is 11.8. The van der Waals surface area contributed by atoms with Crippen molar-refractivity contribution in [1.82, 2.24) is 15.6 Å². The SMILES string of the molecule is CNC(=O)OC1(OCCN2c3cc[nH]c3C(=O)NC2S)CC1. The Morgan fingerprint density at radius 3 is 3.05 bits per heavy atom. The minimum absolute atomic E-state index is 0.182. The van der Waals surface area contributed by atoms with Gasteiger partial charge >= 0.3 is 6.09 Å². The summed E-state index contributed by atoms with van der Waals surface area (Å²) in [5, 5.41) is 5.15. The number of carbonyl (C=O) groups is 2. The number of thiol groups is 1. The van der Waals surface area contributed by atoms with Crippen molar-refractivity contribution < 1.29 is 19.1 Å².